The van der Waals surface area contributed by atoms with Crippen LogP contribution in [0.3, 0.4) is 0 Å². The Morgan fingerprint density at radius 1 is 1.18 bits per heavy atom. The molecule has 0 saturated carbocycles. The Bertz CT molecular complexity index is 845. The molecule has 150 valence electrons. The second-order valence-electron chi connectivity index (χ2n) is 6.55. The highest BCUT2D eigenvalue weighted by Crippen LogP contribution is 2.21. The summed E-state index contributed by atoms with van der Waals surface area (Å²) in [5, 5.41) is 3.55. The standard InChI is InChI=1S/C21H24Cl2N2O2S/c1-14-6-4-5-7-15(14)13-25(2)21(27)19(10-11-28-3)24-20(26)17-9-8-16(22)12-18(17)23/h4-9,12,19H,10-11,13H2,1-3H3,(H,24,26). The van der Waals surface area contributed by atoms with Crippen molar-refractivity contribution >= 4 is 46.8 Å². The van der Waals surface area contributed by atoms with Crippen LogP contribution in [0.25, 0.3) is 0 Å². The summed E-state index contributed by atoms with van der Waals surface area (Å²) in [6.07, 6.45) is 2.51. The maximum atomic E-state index is 13.0. The average molecular weight is 439 g/mol. The molecule has 0 aliphatic heterocycles. The number of benzene rings is 2. The van der Waals surface area contributed by atoms with Crippen molar-refractivity contribution in [2.75, 3.05) is 19.1 Å². The summed E-state index contributed by atoms with van der Waals surface area (Å²) < 4.78 is 0. The van der Waals surface area contributed by atoms with Gasteiger partial charge in [-0.1, -0.05) is 47.5 Å². The topological polar surface area (TPSA) is 49.4 Å². The first-order chi connectivity index (χ1) is 13.3. The minimum Gasteiger partial charge on any atom is -0.340 e. The average Bonchev–Trinajstić information content (AvgIpc) is 2.66. The first-order valence-electron chi connectivity index (χ1n) is 8.87. The molecule has 2 amide bonds. The third-order valence-electron chi connectivity index (χ3n) is 4.43. The van der Waals surface area contributed by atoms with Crippen LogP contribution >= 0.6 is 35.0 Å². The van der Waals surface area contributed by atoms with Crippen LogP contribution < -0.4 is 5.32 Å². The summed E-state index contributed by atoms with van der Waals surface area (Å²) >= 11 is 13.7. The minimum atomic E-state index is -0.624. The van der Waals surface area contributed by atoms with Gasteiger partial charge >= 0.3 is 0 Å². The summed E-state index contributed by atoms with van der Waals surface area (Å²) in [6.45, 7) is 2.50. The number of nitrogens with one attached hydrogen (secondary N) is 1. The second-order valence-corrected chi connectivity index (χ2v) is 8.38. The largest absolute Gasteiger partial charge is 0.340 e. The molecule has 0 fully saturated rings. The predicted octanol–water partition coefficient (Wildman–Crippen LogP) is 4.81. The van der Waals surface area contributed by atoms with Crippen LogP contribution in [0.1, 0.15) is 27.9 Å². The number of hydrogen-bond donors (Lipinski definition) is 1. The normalized spacial score (nSPS) is 11.8. The van der Waals surface area contributed by atoms with Crippen molar-refractivity contribution in [1.29, 1.82) is 0 Å². The zero-order chi connectivity index (χ0) is 20.7. The van der Waals surface area contributed by atoms with Gasteiger partial charge in [0.1, 0.15) is 6.04 Å². The summed E-state index contributed by atoms with van der Waals surface area (Å²) in [4.78, 5) is 27.3. The second kappa shape index (κ2) is 10.7. The molecule has 0 saturated heterocycles. The van der Waals surface area contributed by atoms with E-state index in [0.29, 0.717) is 23.6 Å². The number of rotatable bonds is 8. The number of thioether (sulfide) groups is 1. The lowest BCUT2D eigenvalue weighted by molar-refractivity contribution is -0.132. The van der Waals surface area contributed by atoms with Crippen molar-refractivity contribution in [3.05, 3.63) is 69.2 Å². The maximum Gasteiger partial charge on any atom is 0.253 e. The molecule has 1 unspecified atom stereocenters. The number of nitrogens with zero attached hydrogens (tertiary/aromatic N) is 1. The summed E-state index contributed by atoms with van der Waals surface area (Å²) in [5.41, 5.74) is 2.50. The molecule has 2 rings (SSSR count). The molecule has 4 nitrogen and oxygen atoms in total. The molecule has 0 spiro atoms. The number of amides is 2. The Kier molecular flexibility index (Phi) is 8.67. The fraction of sp³-hybridized carbons (Fsp3) is 0.333. The van der Waals surface area contributed by atoms with Crippen molar-refractivity contribution in [2.24, 2.45) is 0 Å². The summed E-state index contributed by atoms with van der Waals surface area (Å²) in [6, 6.07) is 12.0. The molecule has 0 heterocycles. The maximum absolute atomic E-state index is 13.0. The molecule has 1 atom stereocenters. The SMILES string of the molecule is CSCCC(NC(=O)c1ccc(Cl)cc1Cl)C(=O)N(C)Cc1ccccc1C. The third-order valence-corrected chi connectivity index (χ3v) is 5.63. The molecule has 7 heteroatoms. The van der Waals surface area contributed by atoms with Crippen LogP contribution in [0.15, 0.2) is 42.5 Å². The van der Waals surface area contributed by atoms with E-state index in [-0.39, 0.29) is 16.8 Å². The zero-order valence-corrected chi connectivity index (χ0v) is 18.5. The van der Waals surface area contributed by atoms with Crippen molar-refractivity contribution in [3.8, 4) is 0 Å². The number of hydrogen-bond acceptors (Lipinski definition) is 3. The molecule has 1 N–H and O–H groups in total. The van der Waals surface area contributed by atoms with Gasteiger partial charge in [0.05, 0.1) is 10.6 Å². The minimum absolute atomic E-state index is 0.129. The van der Waals surface area contributed by atoms with E-state index >= 15 is 0 Å². The van der Waals surface area contributed by atoms with Crippen LogP contribution in [0.2, 0.25) is 10.0 Å². The molecular weight excluding hydrogens is 415 g/mol. The van der Waals surface area contributed by atoms with Gasteiger partial charge in [-0.15, -0.1) is 0 Å². The smallest absolute Gasteiger partial charge is 0.253 e. The molecule has 28 heavy (non-hydrogen) atoms. The van der Waals surface area contributed by atoms with Gasteiger partial charge in [-0.2, -0.15) is 11.8 Å². The van der Waals surface area contributed by atoms with Crippen LogP contribution in [-0.4, -0.2) is 41.8 Å². The number of likely N-dealkylation sites (N-methyl/N-ethyl adjacent to an activating group) is 1. The molecule has 2 aromatic carbocycles. The number of carbonyl (C=O) groups excluding carboxylic acids is 2. The number of aryl methyl sites for hydroxylation is 1. The van der Waals surface area contributed by atoms with Gasteiger partial charge in [0.15, 0.2) is 0 Å². The van der Waals surface area contributed by atoms with Gasteiger partial charge in [0.2, 0.25) is 5.91 Å². The van der Waals surface area contributed by atoms with E-state index in [9.17, 15) is 9.59 Å². The molecule has 0 aliphatic rings. The lowest BCUT2D eigenvalue weighted by Crippen LogP contribution is -2.47. The number of carbonyl (C=O) groups is 2. The van der Waals surface area contributed by atoms with E-state index in [1.54, 1.807) is 35.8 Å². The quantitative estimate of drug-likeness (QED) is 0.642. The Morgan fingerprint density at radius 2 is 1.89 bits per heavy atom. The first-order valence-corrected chi connectivity index (χ1v) is 11.0. The van der Waals surface area contributed by atoms with E-state index in [0.717, 1.165) is 16.9 Å². The molecule has 0 aliphatic carbocycles. The van der Waals surface area contributed by atoms with Crippen molar-refractivity contribution < 1.29 is 9.59 Å². The number of halogens is 2. The van der Waals surface area contributed by atoms with Gasteiger partial charge in [0, 0.05) is 18.6 Å². The Balaban J connectivity index is 2.13. The third kappa shape index (κ3) is 6.16. The Labute approximate surface area is 180 Å². The lowest BCUT2D eigenvalue weighted by Gasteiger charge is -2.25. The van der Waals surface area contributed by atoms with Crippen LogP contribution in [0.5, 0.6) is 0 Å². The molecule has 0 bridgehead atoms. The van der Waals surface area contributed by atoms with E-state index in [2.05, 4.69) is 5.32 Å². The highest BCUT2D eigenvalue weighted by atomic mass is 35.5. The molecule has 2 aromatic rings. The Morgan fingerprint density at radius 3 is 2.54 bits per heavy atom. The highest BCUT2D eigenvalue weighted by molar-refractivity contribution is 7.98. The highest BCUT2D eigenvalue weighted by Gasteiger charge is 2.25. The zero-order valence-electron chi connectivity index (χ0n) is 16.2. The molecular formula is C21H24Cl2N2O2S. The van der Waals surface area contributed by atoms with Gasteiger partial charge in [-0.05, 0) is 54.7 Å². The van der Waals surface area contributed by atoms with Crippen molar-refractivity contribution in [1.82, 2.24) is 10.2 Å². The van der Waals surface area contributed by atoms with E-state index in [1.807, 2.05) is 37.4 Å². The molecule has 0 radical (unpaired) electrons. The first kappa shape index (κ1) is 22.6. The van der Waals surface area contributed by atoms with Gasteiger partial charge in [0.25, 0.3) is 5.91 Å². The molecule has 0 aromatic heterocycles. The summed E-state index contributed by atoms with van der Waals surface area (Å²) in [5.74, 6) is 0.240. The van der Waals surface area contributed by atoms with Crippen LogP contribution in [0.4, 0.5) is 0 Å². The Hall–Kier alpha value is -1.69. The lowest BCUT2D eigenvalue weighted by atomic mass is 10.1. The monoisotopic (exact) mass is 438 g/mol. The van der Waals surface area contributed by atoms with E-state index in [1.165, 1.54) is 6.07 Å². The fourth-order valence-electron chi connectivity index (χ4n) is 2.79. The van der Waals surface area contributed by atoms with Gasteiger partial charge in [-0.3, -0.25) is 9.59 Å². The van der Waals surface area contributed by atoms with Gasteiger partial charge < -0.3 is 10.2 Å². The van der Waals surface area contributed by atoms with E-state index < -0.39 is 6.04 Å². The summed E-state index contributed by atoms with van der Waals surface area (Å²) in [7, 11) is 1.75. The van der Waals surface area contributed by atoms with Crippen molar-refractivity contribution in [2.45, 2.75) is 25.9 Å². The van der Waals surface area contributed by atoms with Crippen LogP contribution in [-0.2, 0) is 11.3 Å². The fourth-order valence-corrected chi connectivity index (χ4v) is 3.76. The van der Waals surface area contributed by atoms with Crippen molar-refractivity contribution in [3.63, 3.8) is 0 Å². The van der Waals surface area contributed by atoms with E-state index in [4.69, 9.17) is 23.2 Å². The predicted molar refractivity (Wildman–Crippen MR) is 118 cm³/mol. The van der Waals surface area contributed by atoms with Gasteiger partial charge in [-0.25, -0.2) is 0 Å². The van der Waals surface area contributed by atoms with Crippen LogP contribution in [0, 0.1) is 6.92 Å².